The van der Waals surface area contributed by atoms with Crippen LogP contribution in [-0.2, 0) is 33.1 Å². The standard InChI is InChI=1S/C20H13F6N5O3S/c1-9-2-3-12(14(15(9)32)19(21,22)23)17(33)30-35-8-11-7-31-5-4-10(6-13(31)27-11)16-28-18(34-29-16)20(24,25)26/h2-7,14,35H,8H2,1H3. The number of halogens is 6. The number of carbonyl (C=O) groups excluding carboxylic acids is 2. The third-order valence-corrected chi connectivity index (χ3v) is 5.67. The van der Waals surface area contributed by atoms with Gasteiger partial charge < -0.3 is 8.92 Å². The number of rotatable bonds is 4. The van der Waals surface area contributed by atoms with Crippen molar-refractivity contribution in [3.8, 4) is 11.4 Å². The van der Waals surface area contributed by atoms with Gasteiger partial charge >= 0.3 is 18.2 Å². The van der Waals surface area contributed by atoms with Crippen LogP contribution in [-0.4, -0.2) is 37.4 Å². The molecular formula is C20H13F6N5O3S. The van der Waals surface area contributed by atoms with Gasteiger partial charge in [-0.25, -0.2) is 4.98 Å². The monoisotopic (exact) mass is 517 g/mol. The number of carbonyl (C=O) groups is 2. The molecule has 0 spiro atoms. The first-order chi connectivity index (χ1) is 16.3. The van der Waals surface area contributed by atoms with Gasteiger partial charge in [0.05, 0.1) is 5.69 Å². The number of fused-ring (bicyclic) bond motifs is 1. The third kappa shape index (κ3) is 5.08. The Labute approximate surface area is 195 Å². The molecule has 0 aromatic carbocycles. The molecule has 0 N–H and O–H groups in total. The highest BCUT2D eigenvalue weighted by molar-refractivity contribution is 7.67. The van der Waals surface area contributed by atoms with Crippen LogP contribution in [0.1, 0.15) is 18.5 Å². The van der Waals surface area contributed by atoms with Crippen molar-refractivity contribution in [3.63, 3.8) is 0 Å². The Kier molecular flexibility index (Phi) is 6.21. The number of nitrogens with zero attached hydrogens (tertiary/aromatic N) is 5. The lowest BCUT2D eigenvalue weighted by molar-refractivity contribution is -0.173. The molecule has 0 radical (unpaired) electrons. The van der Waals surface area contributed by atoms with Crippen molar-refractivity contribution in [2.75, 3.05) is 0 Å². The number of thiol groups is 1. The molecule has 0 saturated heterocycles. The molecule has 1 aliphatic carbocycles. The van der Waals surface area contributed by atoms with E-state index in [2.05, 4.69) is 24.0 Å². The Morgan fingerprint density at radius 1 is 1.20 bits per heavy atom. The lowest BCUT2D eigenvalue weighted by Gasteiger charge is -2.22. The lowest BCUT2D eigenvalue weighted by Crippen LogP contribution is -2.36. The largest absolute Gasteiger partial charge is 0.471 e. The van der Waals surface area contributed by atoms with E-state index >= 15 is 0 Å². The van der Waals surface area contributed by atoms with E-state index in [0.717, 1.165) is 12.2 Å². The van der Waals surface area contributed by atoms with Gasteiger partial charge in [0.2, 0.25) is 5.82 Å². The normalized spacial score (nSPS) is 17.5. The second-order valence-corrected chi connectivity index (χ2v) is 8.15. The maximum absolute atomic E-state index is 13.3. The van der Waals surface area contributed by atoms with Crippen molar-refractivity contribution in [3.05, 3.63) is 59.4 Å². The van der Waals surface area contributed by atoms with E-state index in [4.69, 9.17) is 0 Å². The summed E-state index contributed by atoms with van der Waals surface area (Å²) >= 11 is 0.0797. The summed E-state index contributed by atoms with van der Waals surface area (Å²) in [6.45, 7) is 1.23. The van der Waals surface area contributed by atoms with Gasteiger partial charge in [-0.3, -0.25) is 9.59 Å². The van der Waals surface area contributed by atoms with E-state index in [-0.39, 0.29) is 34.3 Å². The van der Waals surface area contributed by atoms with Crippen LogP contribution in [0.4, 0.5) is 26.3 Å². The molecule has 0 bridgehead atoms. The fourth-order valence-corrected chi connectivity index (χ4v) is 3.83. The summed E-state index contributed by atoms with van der Waals surface area (Å²) in [6, 6.07) is 2.85. The molecule has 1 amide bonds. The summed E-state index contributed by atoms with van der Waals surface area (Å²) in [7, 11) is 0. The SMILES string of the molecule is CC1=CC=C(C(=O)N=[SH]Cc2cn3ccc(-c4noc(C(F)(F)F)n4)cc3n2)C(C(F)(F)F)C1=O. The molecule has 3 heterocycles. The van der Waals surface area contributed by atoms with Gasteiger partial charge in [-0.15, -0.1) is 0 Å². The summed E-state index contributed by atoms with van der Waals surface area (Å²) in [4.78, 5) is 31.8. The number of allylic oxidation sites excluding steroid dienone is 3. The van der Waals surface area contributed by atoms with Gasteiger partial charge in [-0.1, -0.05) is 28.9 Å². The quantitative estimate of drug-likeness (QED) is 0.414. The fourth-order valence-electron chi connectivity index (χ4n) is 3.22. The minimum Gasteiger partial charge on any atom is -0.329 e. The van der Waals surface area contributed by atoms with Crippen molar-refractivity contribution in [1.29, 1.82) is 0 Å². The number of amides is 1. The Bertz CT molecular complexity index is 1420. The van der Waals surface area contributed by atoms with Crippen LogP contribution >= 0.6 is 0 Å². The molecule has 35 heavy (non-hydrogen) atoms. The second kappa shape index (κ2) is 8.87. The zero-order valence-corrected chi connectivity index (χ0v) is 18.3. The van der Waals surface area contributed by atoms with E-state index in [1.807, 2.05) is 0 Å². The minimum absolute atomic E-state index is 0.0516. The van der Waals surface area contributed by atoms with Crippen LogP contribution in [0.15, 0.2) is 56.7 Å². The number of hydrogen-bond acceptors (Lipinski definition) is 6. The number of imidazole rings is 1. The Morgan fingerprint density at radius 3 is 2.60 bits per heavy atom. The smallest absolute Gasteiger partial charge is 0.329 e. The topological polar surface area (TPSA) is 103 Å². The average Bonchev–Trinajstić information content (AvgIpc) is 3.40. The van der Waals surface area contributed by atoms with Crippen molar-refractivity contribution in [2.45, 2.75) is 25.0 Å². The highest BCUT2D eigenvalue weighted by atomic mass is 32.1. The summed E-state index contributed by atoms with van der Waals surface area (Å²) in [5, 5.41) is 3.30. The van der Waals surface area contributed by atoms with Gasteiger partial charge in [-0.2, -0.15) is 35.7 Å². The number of ketones is 1. The van der Waals surface area contributed by atoms with Gasteiger partial charge in [0.25, 0.3) is 5.91 Å². The predicted octanol–water partition coefficient (Wildman–Crippen LogP) is 4.06. The molecule has 1 unspecified atom stereocenters. The van der Waals surface area contributed by atoms with Crippen LogP contribution in [0.3, 0.4) is 0 Å². The average molecular weight is 517 g/mol. The number of alkyl halides is 6. The highest BCUT2D eigenvalue weighted by Crippen LogP contribution is 2.37. The van der Waals surface area contributed by atoms with Crippen molar-refractivity contribution in [2.24, 2.45) is 10.3 Å². The molecule has 184 valence electrons. The molecule has 3 aromatic rings. The van der Waals surface area contributed by atoms with Crippen molar-refractivity contribution >= 4 is 28.9 Å². The fraction of sp³-hybridized carbons (Fsp3) is 0.250. The first-order valence-corrected chi connectivity index (χ1v) is 10.7. The zero-order chi connectivity index (χ0) is 25.5. The maximum atomic E-state index is 13.3. The van der Waals surface area contributed by atoms with Gasteiger partial charge in [0.15, 0.2) is 5.78 Å². The molecule has 4 rings (SSSR count). The minimum atomic E-state index is -4.93. The number of pyridine rings is 1. The molecule has 0 aliphatic heterocycles. The van der Waals surface area contributed by atoms with Crippen LogP contribution < -0.4 is 0 Å². The zero-order valence-electron chi connectivity index (χ0n) is 17.4. The van der Waals surface area contributed by atoms with Crippen molar-refractivity contribution in [1.82, 2.24) is 19.5 Å². The molecular weight excluding hydrogens is 504 g/mol. The molecule has 3 aromatic heterocycles. The number of aromatic nitrogens is 4. The van der Waals surface area contributed by atoms with Crippen LogP contribution in [0.5, 0.6) is 0 Å². The lowest BCUT2D eigenvalue weighted by atomic mass is 9.85. The van der Waals surface area contributed by atoms with Crippen LogP contribution in [0.2, 0.25) is 0 Å². The molecule has 0 saturated carbocycles. The van der Waals surface area contributed by atoms with E-state index < -0.39 is 41.4 Å². The Morgan fingerprint density at radius 2 is 1.94 bits per heavy atom. The van der Waals surface area contributed by atoms with E-state index in [9.17, 15) is 35.9 Å². The molecule has 15 heteroatoms. The van der Waals surface area contributed by atoms with Crippen LogP contribution in [0, 0.1) is 5.92 Å². The van der Waals surface area contributed by atoms with Crippen molar-refractivity contribution < 1.29 is 40.5 Å². The number of Topliss-reactive ketones (excluding diaryl/α,β-unsaturated/α-hetero) is 1. The van der Waals surface area contributed by atoms with E-state index in [1.54, 1.807) is 6.20 Å². The molecule has 1 aliphatic rings. The van der Waals surface area contributed by atoms with E-state index in [0.29, 0.717) is 11.3 Å². The third-order valence-electron chi connectivity index (χ3n) is 4.88. The van der Waals surface area contributed by atoms with Gasteiger partial charge in [0.1, 0.15) is 11.6 Å². The predicted molar refractivity (Wildman–Crippen MR) is 110 cm³/mol. The molecule has 1 atom stereocenters. The number of hydrogen-bond donors (Lipinski definition) is 1. The molecule has 0 fully saturated rings. The second-order valence-electron chi connectivity index (χ2n) is 7.35. The Balaban J connectivity index is 1.50. The summed E-state index contributed by atoms with van der Waals surface area (Å²) in [5.41, 5.74) is 0.0678. The summed E-state index contributed by atoms with van der Waals surface area (Å²) < 4.78 is 87.3. The van der Waals surface area contributed by atoms with Gasteiger partial charge in [-0.05, 0) is 24.6 Å². The molecule has 8 nitrogen and oxygen atoms in total. The van der Waals surface area contributed by atoms with E-state index in [1.165, 1.54) is 29.7 Å². The first-order valence-electron chi connectivity index (χ1n) is 9.65. The maximum Gasteiger partial charge on any atom is 0.471 e. The van der Waals surface area contributed by atoms with Gasteiger partial charge in [0, 0.05) is 29.3 Å². The Hall–Kier alpha value is -3.62. The highest BCUT2D eigenvalue weighted by Gasteiger charge is 2.50. The van der Waals surface area contributed by atoms with Crippen LogP contribution in [0.25, 0.3) is 17.0 Å². The summed E-state index contributed by atoms with van der Waals surface area (Å²) in [5.74, 6) is -6.65. The first kappa shape index (κ1) is 24.5. The summed E-state index contributed by atoms with van der Waals surface area (Å²) in [6.07, 6.45) is -4.58.